The van der Waals surface area contributed by atoms with Crippen LogP contribution in [0.25, 0.3) is 0 Å². The second kappa shape index (κ2) is 2.34. The van der Waals surface area contributed by atoms with Gasteiger partial charge in [0.15, 0.2) is 5.78 Å². The summed E-state index contributed by atoms with van der Waals surface area (Å²) < 4.78 is 0. The van der Waals surface area contributed by atoms with Gasteiger partial charge in [-0.15, -0.1) is 0 Å². The Balaban J connectivity index is 2.51. The minimum atomic E-state index is 0.351. The third-order valence-corrected chi connectivity index (χ3v) is 1.51. The normalized spacial score (nSPS) is 23.0. The van der Waals surface area contributed by atoms with Crippen LogP contribution in [-0.2, 0) is 4.79 Å². The molecule has 0 saturated heterocycles. The Morgan fingerprint density at radius 2 is 2.11 bits per heavy atom. The minimum absolute atomic E-state index is 0.351. The number of hydrogen-bond donors (Lipinski definition) is 0. The maximum absolute atomic E-state index is 10.7. The van der Waals surface area contributed by atoms with Gasteiger partial charge >= 0.3 is 0 Å². The Bertz CT molecular complexity index is 154. The van der Waals surface area contributed by atoms with Gasteiger partial charge in [0.2, 0.25) is 0 Å². The van der Waals surface area contributed by atoms with Crippen LogP contribution in [-0.4, -0.2) is 5.78 Å². The molecule has 1 fully saturated rings. The van der Waals surface area contributed by atoms with Gasteiger partial charge < -0.3 is 0 Å². The number of rotatable bonds is 1. The van der Waals surface area contributed by atoms with Crippen molar-refractivity contribution < 1.29 is 4.79 Å². The maximum Gasteiger partial charge on any atom is 0.158 e. The molecular weight excluding hydrogens is 112 g/mol. The quantitative estimate of drug-likeness (QED) is 0.488. The fourth-order valence-corrected chi connectivity index (χ4v) is 0.950. The van der Waals surface area contributed by atoms with Crippen molar-refractivity contribution in [1.82, 2.24) is 0 Å². The molecule has 9 heavy (non-hydrogen) atoms. The summed E-state index contributed by atoms with van der Waals surface area (Å²) in [4.78, 5) is 10.7. The van der Waals surface area contributed by atoms with Crippen molar-refractivity contribution in [2.24, 2.45) is 5.92 Å². The first kappa shape index (κ1) is 6.53. The van der Waals surface area contributed by atoms with E-state index in [1.54, 1.807) is 0 Å². The van der Waals surface area contributed by atoms with E-state index in [0.717, 1.165) is 18.4 Å². The van der Waals surface area contributed by atoms with E-state index in [1.165, 1.54) is 0 Å². The monoisotopic (exact) mass is 124 g/mol. The highest BCUT2D eigenvalue weighted by atomic mass is 16.1. The summed E-state index contributed by atoms with van der Waals surface area (Å²) in [7, 11) is 0. The van der Waals surface area contributed by atoms with E-state index in [9.17, 15) is 4.79 Å². The summed E-state index contributed by atoms with van der Waals surface area (Å²) in [6.45, 7) is 4.19. The van der Waals surface area contributed by atoms with Gasteiger partial charge in [0.05, 0.1) is 0 Å². The summed E-state index contributed by atoms with van der Waals surface area (Å²) in [5.74, 6) is 0.882. The fraction of sp³-hybridized carbons (Fsp3) is 0.625. The largest absolute Gasteiger partial charge is 0.295 e. The number of carbonyl (C=O) groups excluding carboxylic acids is 1. The number of ketones is 1. The fourth-order valence-electron chi connectivity index (χ4n) is 0.950. The Hall–Kier alpha value is -0.590. The molecule has 1 aliphatic rings. The zero-order valence-electron chi connectivity index (χ0n) is 5.98. The van der Waals surface area contributed by atoms with Crippen molar-refractivity contribution in [2.45, 2.75) is 26.7 Å². The lowest BCUT2D eigenvalue weighted by molar-refractivity contribution is -0.118. The molecule has 0 atom stereocenters. The van der Waals surface area contributed by atoms with Crippen LogP contribution in [0, 0.1) is 5.92 Å². The predicted octanol–water partition coefficient (Wildman–Crippen LogP) is 1.93. The smallest absolute Gasteiger partial charge is 0.158 e. The Morgan fingerprint density at radius 1 is 1.44 bits per heavy atom. The first-order chi connectivity index (χ1) is 4.20. The Labute approximate surface area is 55.8 Å². The zero-order valence-corrected chi connectivity index (χ0v) is 5.98. The topological polar surface area (TPSA) is 17.1 Å². The van der Waals surface area contributed by atoms with Crippen molar-refractivity contribution in [2.75, 3.05) is 0 Å². The molecule has 50 valence electrons. The molecule has 0 amide bonds. The molecular formula is C8H12O. The average Bonchev–Trinajstić information content (AvgIpc) is 1.79. The van der Waals surface area contributed by atoms with E-state index in [1.807, 2.05) is 0 Å². The van der Waals surface area contributed by atoms with Gasteiger partial charge in [-0.3, -0.25) is 4.79 Å². The number of allylic oxidation sites excluding steroid dienone is 2. The summed E-state index contributed by atoms with van der Waals surface area (Å²) in [5.41, 5.74) is 1.05. The highest BCUT2D eigenvalue weighted by Crippen LogP contribution is 2.22. The molecule has 0 aromatic carbocycles. The van der Waals surface area contributed by atoms with Gasteiger partial charge in [-0.1, -0.05) is 19.9 Å². The van der Waals surface area contributed by atoms with Crippen LogP contribution >= 0.6 is 0 Å². The molecule has 0 spiro atoms. The highest BCUT2D eigenvalue weighted by Gasteiger charge is 2.19. The van der Waals surface area contributed by atoms with E-state index in [2.05, 4.69) is 19.9 Å². The average molecular weight is 124 g/mol. The summed E-state index contributed by atoms with van der Waals surface area (Å²) >= 11 is 0. The Kier molecular flexibility index (Phi) is 1.70. The van der Waals surface area contributed by atoms with Crippen LogP contribution in [0.5, 0.6) is 0 Å². The molecule has 1 saturated carbocycles. The summed E-state index contributed by atoms with van der Waals surface area (Å²) in [5, 5.41) is 0. The van der Waals surface area contributed by atoms with E-state index in [-0.39, 0.29) is 0 Å². The molecule has 0 N–H and O–H groups in total. The lowest BCUT2D eigenvalue weighted by Gasteiger charge is -2.15. The third-order valence-electron chi connectivity index (χ3n) is 1.51. The highest BCUT2D eigenvalue weighted by molar-refractivity contribution is 6.01. The first-order valence-corrected chi connectivity index (χ1v) is 3.44. The zero-order chi connectivity index (χ0) is 6.85. The minimum Gasteiger partial charge on any atom is -0.295 e. The lowest BCUT2D eigenvalue weighted by atomic mass is 9.88. The van der Waals surface area contributed by atoms with Crippen LogP contribution < -0.4 is 0 Å². The van der Waals surface area contributed by atoms with Gasteiger partial charge in [-0.2, -0.15) is 0 Å². The standard InChI is InChI=1S/C8H12O/c1-6(2)5-7-3-4-8(7)9/h5-6H,3-4H2,1-2H3. The summed E-state index contributed by atoms with van der Waals surface area (Å²) in [6, 6.07) is 0. The second-order valence-electron chi connectivity index (χ2n) is 2.86. The molecule has 0 bridgehead atoms. The second-order valence-corrected chi connectivity index (χ2v) is 2.86. The van der Waals surface area contributed by atoms with Crippen molar-refractivity contribution >= 4 is 5.78 Å². The van der Waals surface area contributed by atoms with Crippen LogP contribution in [0.4, 0.5) is 0 Å². The molecule has 1 nitrogen and oxygen atoms in total. The van der Waals surface area contributed by atoms with Gasteiger partial charge in [0.1, 0.15) is 0 Å². The van der Waals surface area contributed by atoms with Crippen molar-refractivity contribution in [3.8, 4) is 0 Å². The molecule has 0 aromatic rings. The lowest BCUT2D eigenvalue weighted by Crippen LogP contribution is -2.14. The molecule has 1 rings (SSSR count). The predicted molar refractivity (Wildman–Crippen MR) is 37.2 cm³/mol. The van der Waals surface area contributed by atoms with Crippen LogP contribution in [0.15, 0.2) is 11.6 Å². The van der Waals surface area contributed by atoms with Gasteiger partial charge in [-0.25, -0.2) is 0 Å². The van der Waals surface area contributed by atoms with Crippen LogP contribution in [0.1, 0.15) is 26.7 Å². The van der Waals surface area contributed by atoms with Gasteiger partial charge in [0, 0.05) is 6.42 Å². The number of hydrogen-bond acceptors (Lipinski definition) is 1. The molecule has 0 unspecified atom stereocenters. The van der Waals surface area contributed by atoms with Crippen molar-refractivity contribution in [3.05, 3.63) is 11.6 Å². The van der Waals surface area contributed by atoms with Gasteiger partial charge in [0.25, 0.3) is 0 Å². The van der Waals surface area contributed by atoms with E-state index >= 15 is 0 Å². The number of Topliss-reactive ketones (excluding diaryl/α,β-unsaturated/α-hetero) is 1. The van der Waals surface area contributed by atoms with Crippen LogP contribution in [0.2, 0.25) is 0 Å². The van der Waals surface area contributed by atoms with E-state index in [4.69, 9.17) is 0 Å². The molecule has 0 heterocycles. The summed E-state index contributed by atoms with van der Waals surface area (Å²) in [6.07, 6.45) is 3.85. The maximum atomic E-state index is 10.7. The van der Waals surface area contributed by atoms with Gasteiger partial charge in [-0.05, 0) is 17.9 Å². The van der Waals surface area contributed by atoms with Crippen molar-refractivity contribution in [3.63, 3.8) is 0 Å². The molecule has 1 heteroatoms. The van der Waals surface area contributed by atoms with Crippen molar-refractivity contribution in [1.29, 1.82) is 0 Å². The van der Waals surface area contributed by atoms with Crippen LogP contribution in [0.3, 0.4) is 0 Å². The third kappa shape index (κ3) is 1.41. The molecule has 0 aromatic heterocycles. The number of carbonyl (C=O) groups is 1. The first-order valence-electron chi connectivity index (χ1n) is 3.44. The Morgan fingerprint density at radius 3 is 2.22 bits per heavy atom. The SMILES string of the molecule is CC(C)C=C1CCC1=O. The van der Waals surface area contributed by atoms with E-state index in [0.29, 0.717) is 11.7 Å². The molecule has 0 radical (unpaired) electrons. The van der Waals surface area contributed by atoms with E-state index < -0.39 is 0 Å². The molecule has 1 aliphatic carbocycles. The molecule has 0 aliphatic heterocycles.